The summed E-state index contributed by atoms with van der Waals surface area (Å²) in [5.74, 6) is -0.979. The zero-order valence-corrected chi connectivity index (χ0v) is 11.2. The van der Waals surface area contributed by atoms with Gasteiger partial charge in [0.2, 0.25) is 0 Å². The molecule has 0 unspecified atom stereocenters. The van der Waals surface area contributed by atoms with Gasteiger partial charge in [-0.05, 0) is 47.0 Å². The molecule has 1 heterocycles. The first kappa shape index (κ1) is 13.5. The summed E-state index contributed by atoms with van der Waals surface area (Å²) in [5.41, 5.74) is 2.46. The highest BCUT2D eigenvalue weighted by Crippen LogP contribution is 2.18. The highest BCUT2D eigenvalue weighted by molar-refractivity contribution is 9.10. The normalized spacial score (nSPS) is 19.6. The van der Waals surface area contributed by atoms with E-state index in [-0.39, 0.29) is 5.56 Å². The van der Waals surface area contributed by atoms with Gasteiger partial charge in [-0.25, -0.2) is 14.7 Å². The van der Waals surface area contributed by atoms with Crippen molar-refractivity contribution >= 4 is 21.8 Å². The molecule has 1 aliphatic heterocycles. The SMILES string of the molecule is O=C(NO[C@@H]1CCCCO1)c1cc(F)ccc1Br. The Morgan fingerprint density at radius 2 is 2.33 bits per heavy atom. The van der Waals surface area contributed by atoms with Gasteiger partial charge in [-0.1, -0.05) is 0 Å². The Labute approximate surface area is 113 Å². The molecule has 1 N–H and O–H groups in total. The van der Waals surface area contributed by atoms with Crippen molar-refractivity contribution in [3.05, 3.63) is 34.1 Å². The molecule has 1 fully saturated rings. The van der Waals surface area contributed by atoms with E-state index < -0.39 is 18.0 Å². The highest BCUT2D eigenvalue weighted by Gasteiger charge is 2.17. The van der Waals surface area contributed by atoms with Crippen molar-refractivity contribution in [1.82, 2.24) is 5.48 Å². The minimum atomic E-state index is -0.504. The lowest BCUT2D eigenvalue weighted by atomic mass is 10.2. The summed E-state index contributed by atoms with van der Waals surface area (Å²) in [4.78, 5) is 16.9. The maximum absolute atomic E-state index is 13.0. The monoisotopic (exact) mass is 317 g/mol. The Kier molecular flexibility index (Phi) is 4.68. The summed E-state index contributed by atoms with van der Waals surface area (Å²) in [5, 5.41) is 0. The Morgan fingerprint density at radius 3 is 3.06 bits per heavy atom. The van der Waals surface area contributed by atoms with Gasteiger partial charge in [-0.3, -0.25) is 4.79 Å². The van der Waals surface area contributed by atoms with E-state index in [2.05, 4.69) is 21.4 Å². The second-order valence-electron chi connectivity index (χ2n) is 3.97. The Bertz CT molecular complexity index is 435. The Balaban J connectivity index is 1.92. The van der Waals surface area contributed by atoms with E-state index in [0.29, 0.717) is 11.1 Å². The van der Waals surface area contributed by atoms with E-state index in [1.807, 2.05) is 0 Å². The topological polar surface area (TPSA) is 47.6 Å². The van der Waals surface area contributed by atoms with E-state index in [4.69, 9.17) is 9.57 Å². The van der Waals surface area contributed by atoms with E-state index in [9.17, 15) is 9.18 Å². The van der Waals surface area contributed by atoms with E-state index in [1.54, 1.807) is 0 Å². The number of carbonyl (C=O) groups is 1. The average molecular weight is 318 g/mol. The predicted octanol–water partition coefficient (Wildman–Crippen LogP) is 2.78. The molecule has 0 bridgehead atoms. The van der Waals surface area contributed by atoms with Crippen LogP contribution in [0, 0.1) is 5.82 Å². The molecule has 6 heteroatoms. The number of halogens is 2. The lowest BCUT2D eigenvalue weighted by Gasteiger charge is -2.22. The number of hydrogen-bond acceptors (Lipinski definition) is 3. The fourth-order valence-corrected chi connectivity index (χ4v) is 2.08. The van der Waals surface area contributed by atoms with Crippen LogP contribution in [0.5, 0.6) is 0 Å². The van der Waals surface area contributed by atoms with Crippen LogP contribution in [0.1, 0.15) is 29.6 Å². The largest absolute Gasteiger partial charge is 0.350 e. The van der Waals surface area contributed by atoms with Crippen LogP contribution in [0.4, 0.5) is 4.39 Å². The first-order valence-corrected chi connectivity index (χ1v) is 6.49. The molecule has 1 aliphatic rings. The molecule has 0 aromatic heterocycles. The fourth-order valence-electron chi connectivity index (χ4n) is 1.65. The zero-order chi connectivity index (χ0) is 13.0. The van der Waals surface area contributed by atoms with Gasteiger partial charge in [0.1, 0.15) is 5.82 Å². The van der Waals surface area contributed by atoms with Crippen LogP contribution < -0.4 is 5.48 Å². The van der Waals surface area contributed by atoms with E-state index in [1.165, 1.54) is 12.1 Å². The van der Waals surface area contributed by atoms with Crippen molar-refractivity contribution in [3.8, 4) is 0 Å². The van der Waals surface area contributed by atoms with E-state index >= 15 is 0 Å². The van der Waals surface area contributed by atoms with Crippen molar-refractivity contribution in [2.24, 2.45) is 0 Å². The van der Waals surface area contributed by atoms with Crippen molar-refractivity contribution in [3.63, 3.8) is 0 Å². The van der Waals surface area contributed by atoms with Crippen LogP contribution in [0.15, 0.2) is 22.7 Å². The summed E-state index contributed by atoms with van der Waals surface area (Å²) in [7, 11) is 0. The molecule has 1 aromatic rings. The standard InChI is InChI=1S/C12H13BrFNO3/c13-10-5-4-8(14)7-9(10)12(16)15-18-11-3-1-2-6-17-11/h4-5,7,11H,1-3,6H2,(H,15,16)/t11-/m1/s1. The van der Waals surface area contributed by atoms with Gasteiger partial charge in [0, 0.05) is 17.5 Å². The molecular formula is C12H13BrFNO3. The van der Waals surface area contributed by atoms with E-state index in [0.717, 1.165) is 25.3 Å². The molecule has 0 aliphatic carbocycles. The minimum Gasteiger partial charge on any atom is -0.350 e. The van der Waals surface area contributed by atoms with Crippen molar-refractivity contribution in [2.75, 3.05) is 6.61 Å². The quantitative estimate of drug-likeness (QED) is 0.872. The van der Waals surface area contributed by atoms with Gasteiger partial charge in [-0.2, -0.15) is 0 Å². The number of benzene rings is 1. The molecule has 0 spiro atoms. The maximum Gasteiger partial charge on any atom is 0.276 e. The average Bonchev–Trinajstić information content (AvgIpc) is 2.40. The maximum atomic E-state index is 13.0. The highest BCUT2D eigenvalue weighted by atomic mass is 79.9. The van der Waals surface area contributed by atoms with Gasteiger partial charge < -0.3 is 4.74 Å². The third-order valence-electron chi connectivity index (χ3n) is 2.59. The number of hydroxylamine groups is 1. The second-order valence-corrected chi connectivity index (χ2v) is 4.82. The number of amides is 1. The molecular weight excluding hydrogens is 305 g/mol. The van der Waals surface area contributed by atoms with Gasteiger partial charge >= 0.3 is 0 Å². The van der Waals surface area contributed by atoms with Crippen LogP contribution in [0.2, 0.25) is 0 Å². The van der Waals surface area contributed by atoms with Gasteiger partial charge in [0.05, 0.1) is 5.56 Å². The molecule has 0 radical (unpaired) electrons. The molecule has 1 saturated heterocycles. The van der Waals surface area contributed by atoms with Gasteiger partial charge in [-0.15, -0.1) is 0 Å². The fraction of sp³-hybridized carbons (Fsp3) is 0.417. The summed E-state index contributed by atoms with van der Waals surface area (Å²) in [6, 6.07) is 3.89. The van der Waals surface area contributed by atoms with Crippen LogP contribution >= 0.6 is 15.9 Å². The second kappa shape index (κ2) is 6.26. The summed E-state index contributed by atoms with van der Waals surface area (Å²) >= 11 is 3.18. The number of ether oxygens (including phenoxy) is 1. The van der Waals surface area contributed by atoms with Crippen molar-refractivity contribution < 1.29 is 18.8 Å². The smallest absolute Gasteiger partial charge is 0.276 e. The summed E-state index contributed by atoms with van der Waals surface area (Å²) in [6.45, 7) is 0.629. The van der Waals surface area contributed by atoms with Crippen LogP contribution in [-0.4, -0.2) is 18.8 Å². The third kappa shape index (κ3) is 3.51. The van der Waals surface area contributed by atoms with Crippen LogP contribution in [0.3, 0.4) is 0 Å². The molecule has 1 amide bonds. The lowest BCUT2D eigenvalue weighted by Crippen LogP contribution is -2.33. The molecule has 2 rings (SSSR count). The minimum absolute atomic E-state index is 0.186. The first-order chi connectivity index (χ1) is 8.66. The molecule has 0 saturated carbocycles. The molecule has 1 atom stereocenters. The number of hydrogen-bond donors (Lipinski definition) is 1. The van der Waals surface area contributed by atoms with Crippen LogP contribution in [-0.2, 0) is 9.57 Å². The first-order valence-electron chi connectivity index (χ1n) is 5.69. The zero-order valence-electron chi connectivity index (χ0n) is 9.62. The summed E-state index contributed by atoms with van der Waals surface area (Å²) < 4.78 is 18.8. The van der Waals surface area contributed by atoms with Crippen molar-refractivity contribution in [1.29, 1.82) is 0 Å². The predicted molar refractivity (Wildman–Crippen MR) is 66.2 cm³/mol. The number of rotatable bonds is 3. The number of nitrogens with one attached hydrogen (secondary N) is 1. The van der Waals surface area contributed by atoms with Gasteiger partial charge in [0.15, 0.2) is 6.29 Å². The third-order valence-corrected chi connectivity index (χ3v) is 3.29. The molecule has 98 valence electrons. The molecule has 1 aromatic carbocycles. The van der Waals surface area contributed by atoms with Crippen molar-refractivity contribution in [2.45, 2.75) is 25.6 Å². The number of carbonyl (C=O) groups excluding carboxylic acids is 1. The summed E-state index contributed by atoms with van der Waals surface area (Å²) in [6.07, 6.45) is 2.33. The Morgan fingerprint density at radius 1 is 1.50 bits per heavy atom. The lowest BCUT2D eigenvalue weighted by molar-refractivity contribution is -0.186. The Hall–Kier alpha value is -0.980. The molecule has 4 nitrogen and oxygen atoms in total. The van der Waals surface area contributed by atoms with Gasteiger partial charge in [0.25, 0.3) is 5.91 Å². The molecule has 18 heavy (non-hydrogen) atoms. The van der Waals surface area contributed by atoms with Crippen LogP contribution in [0.25, 0.3) is 0 Å².